The minimum Gasteiger partial charge on any atom is -0.348 e. The van der Waals surface area contributed by atoms with Crippen LogP contribution in [0.25, 0.3) is 10.9 Å². The summed E-state index contributed by atoms with van der Waals surface area (Å²) in [6.07, 6.45) is 4.37. The molecule has 1 fully saturated rings. The number of rotatable bonds is 5. The Kier molecular flexibility index (Phi) is 4.93. The summed E-state index contributed by atoms with van der Waals surface area (Å²) in [6.45, 7) is 4.10. The maximum Gasteiger partial charge on any atom is 0.253 e. The molecular formula is C22H24N3O+. The monoisotopic (exact) mass is 346 g/mol. The summed E-state index contributed by atoms with van der Waals surface area (Å²) in [5.74, 6) is -0.0716. The molecule has 1 amide bonds. The molecule has 0 radical (unpaired) electrons. The maximum atomic E-state index is 12.7. The van der Waals surface area contributed by atoms with E-state index < -0.39 is 0 Å². The molecule has 0 saturated carbocycles. The number of nitrogens with zero attached hydrogens (tertiary/aromatic N) is 1. The second kappa shape index (κ2) is 7.67. The highest BCUT2D eigenvalue weighted by Gasteiger charge is 2.17. The van der Waals surface area contributed by atoms with Crippen LogP contribution in [0.5, 0.6) is 0 Å². The molecule has 1 aliphatic heterocycles. The van der Waals surface area contributed by atoms with Crippen molar-refractivity contribution in [3.05, 3.63) is 77.5 Å². The number of hydrogen-bond donors (Lipinski definition) is 2. The Labute approximate surface area is 153 Å². The summed E-state index contributed by atoms with van der Waals surface area (Å²) in [5, 5.41) is 4.07. The van der Waals surface area contributed by atoms with E-state index in [1.54, 1.807) is 11.1 Å². The molecule has 0 aliphatic carbocycles. The lowest BCUT2D eigenvalue weighted by Crippen LogP contribution is -3.08. The lowest BCUT2D eigenvalue weighted by Gasteiger charge is -2.15. The highest BCUT2D eigenvalue weighted by molar-refractivity contribution is 6.05. The Bertz CT molecular complexity index is 911. The summed E-state index contributed by atoms with van der Waals surface area (Å²) in [5.41, 5.74) is 3.92. The fraction of sp³-hybridized carbons (Fsp3) is 0.273. The number of fused-ring (bicyclic) bond motifs is 1. The number of hydrogen-bond acceptors (Lipinski definition) is 2. The van der Waals surface area contributed by atoms with Crippen LogP contribution in [-0.4, -0.2) is 24.0 Å². The van der Waals surface area contributed by atoms with Crippen molar-refractivity contribution in [2.45, 2.75) is 25.9 Å². The molecule has 2 N–H and O–H groups in total. The van der Waals surface area contributed by atoms with E-state index in [0.717, 1.165) is 17.4 Å². The lowest BCUT2D eigenvalue weighted by atomic mass is 10.1. The maximum absolute atomic E-state index is 12.7. The van der Waals surface area contributed by atoms with Crippen LogP contribution in [0.4, 0.5) is 0 Å². The molecule has 4 nitrogen and oxygen atoms in total. The number of likely N-dealkylation sites (tertiary alicyclic amines) is 1. The van der Waals surface area contributed by atoms with Gasteiger partial charge in [-0.25, -0.2) is 0 Å². The second-order valence-electron chi connectivity index (χ2n) is 6.97. The molecule has 0 spiro atoms. The number of pyridine rings is 1. The van der Waals surface area contributed by atoms with Crippen LogP contribution in [0, 0.1) is 0 Å². The molecule has 3 aromatic rings. The third kappa shape index (κ3) is 3.60. The van der Waals surface area contributed by atoms with Crippen molar-refractivity contribution >= 4 is 16.8 Å². The van der Waals surface area contributed by atoms with Gasteiger partial charge in [0.1, 0.15) is 6.54 Å². The summed E-state index contributed by atoms with van der Waals surface area (Å²) in [4.78, 5) is 18.8. The van der Waals surface area contributed by atoms with Crippen molar-refractivity contribution < 1.29 is 9.69 Å². The summed E-state index contributed by atoms with van der Waals surface area (Å²) in [6, 6.07) is 18.0. The predicted molar refractivity (Wildman–Crippen MR) is 103 cm³/mol. The molecule has 0 atom stereocenters. The van der Waals surface area contributed by atoms with Crippen LogP contribution in [0.15, 0.2) is 60.8 Å². The first-order chi connectivity index (χ1) is 12.8. The van der Waals surface area contributed by atoms with Crippen LogP contribution >= 0.6 is 0 Å². The first kappa shape index (κ1) is 16.7. The van der Waals surface area contributed by atoms with Gasteiger partial charge >= 0.3 is 0 Å². The van der Waals surface area contributed by atoms with E-state index >= 15 is 0 Å². The van der Waals surface area contributed by atoms with E-state index in [-0.39, 0.29) is 5.91 Å². The molecule has 1 aliphatic rings. The van der Waals surface area contributed by atoms with Crippen LogP contribution in [0.2, 0.25) is 0 Å². The molecule has 1 saturated heterocycles. The normalized spacial score (nSPS) is 14.6. The molecule has 0 unspecified atom stereocenters. The Morgan fingerprint density at radius 2 is 1.73 bits per heavy atom. The van der Waals surface area contributed by atoms with Crippen LogP contribution in [-0.2, 0) is 13.1 Å². The number of carbonyl (C=O) groups excluding carboxylic acids is 1. The minimum absolute atomic E-state index is 0.0716. The van der Waals surface area contributed by atoms with Gasteiger partial charge in [0.25, 0.3) is 5.91 Å². The molecule has 4 heteroatoms. The van der Waals surface area contributed by atoms with Gasteiger partial charge in [-0.3, -0.25) is 9.78 Å². The van der Waals surface area contributed by atoms with Gasteiger partial charge in [0.2, 0.25) is 0 Å². The van der Waals surface area contributed by atoms with Gasteiger partial charge in [0.05, 0.1) is 24.2 Å². The average molecular weight is 346 g/mol. The molecule has 132 valence electrons. The first-order valence-electron chi connectivity index (χ1n) is 9.33. The van der Waals surface area contributed by atoms with E-state index in [1.165, 1.54) is 37.1 Å². The standard InChI is InChI=1S/C22H23N3O/c26-22(20-11-5-9-17-10-6-12-23-21(17)20)24-15-18-7-1-2-8-19(18)16-25-13-3-4-14-25/h1-2,5-12H,3-4,13-16H2,(H,24,26)/p+1. The molecular weight excluding hydrogens is 322 g/mol. The Morgan fingerprint density at radius 3 is 2.58 bits per heavy atom. The smallest absolute Gasteiger partial charge is 0.253 e. The SMILES string of the molecule is O=C(NCc1ccccc1C[NH+]1CCCC1)c1cccc2cccnc12. The van der Waals surface area contributed by atoms with Crippen LogP contribution in [0.3, 0.4) is 0 Å². The van der Waals surface area contributed by atoms with Crippen LogP contribution in [0.1, 0.15) is 34.3 Å². The molecule has 26 heavy (non-hydrogen) atoms. The number of benzene rings is 2. The number of carbonyl (C=O) groups is 1. The quantitative estimate of drug-likeness (QED) is 0.745. The molecule has 4 rings (SSSR count). The average Bonchev–Trinajstić information content (AvgIpc) is 3.20. The number of aromatic nitrogens is 1. The molecule has 2 aromatic carbocycles. The Morgan fingerprint density at radius 1 is 0.962 bits per heavy atom. The predicted octanol–water partition coefficient (Wildman–Crippen LogP) is 2.34. The van der Waals surface area contributed by atoms with Gasteiger partial charge in [-0.15, -0.1) is 0 Å². The van der Waals surface area contributed by atoms with E-state index in [0.29, 0.717) is 12.1 Å². The van der Waals surface area contributed by atoms with Crippen LogP contribution < -0.4 is 10.2 Å². The van der Waals surface area contributed by atoms with Crippen molar-refractivity contribution in [2.24, 2.45) is 0 Å². The van der Waals surface area contributed by atoms with E-state index in [2.05, 4.69) is 28.5 Å². The van der Waals surface area contributed by atoms with Gasteiger partial charge < -0.3 is 10.2 Å². The fourth-order valence-corrected chi connectivity index (χ4v) is 3.78. The third-order valence-corrected chi connectivity index (χ3v) is 5.19. The van der Waals surface area contributed by atoms with Crippen molar-refractivity contribution in [3.63, 3.8) is 0 Å². The Hall–Kier alpha value is -2.72. The van der Waals surface area contributed by atoms with Crippen molar-refractivity contribution in [1.29, 1.82) is 0 Å². The van der Waals surface area contributed by atoms with Crippen molar-refractivity contribution in [2.75, 3.05) is 13.1 Å². The van der Waals surface area contributed by atoms with E-state index in [9.17, 15) is 4.79 Å². The molecule has 1 aromatic heterocycles. The van der Waals surface area contributed by atoms with Gasteiger partial charge in [-0.05, 0) is 17.7 Å². The van der Waals surface area contributed by atoms with Gasteiger partial charge in [0, 0.05) is 36.5 Å². The Balaban J connectivity index is 1.49. The van der Waals surface area contributed by atoms with Gasteiger partial charge in [-0.1, -0.05) is 42.5 Å². The number of para-hydroxylation sites is 1. The number of amides is 1. The zero-order chi connectivity index (χ0) is 17.8. The van der Waals surface area contributed by atoms with Crippen molar-refractivity contribution in [1.82, 2.24) is 10.3 Å². The second-order valence-corrected chi connectivity index (χ2v) is 6.97. The zero-order valence-electron chi connectivity index (χ0n) is 14.9. The van der Waals surface area contributed by atoms with Crippen molar-refractivity contribution in [3.8, 4) is 0 Å². The minimum atomic E-state index is -0.0716. The van der Waals surface area contributed by atoms with Gasteiger partial charge in [-0.2, -0.15) is 0 Å². The molecule has 0 bridgehead atoms. The highest BCUT2D eigenvalue weighted by Crippen LogP contribution is 2.16. The largest absolute Gasteiger partial charge is 0.348 e. The lowest BCUT2D eigenvalue weighted by molar-refractivity contribution is -0.901. The summed E-state index contributed by atoms with van der Waals surface area (Å²) < 4.78 is 0. The van der Waals surface area contributed by atoms with Gasteiger partial charge in [0.15, 0.2) is 0 Å². The number of nitrogens with one attached hydrogen (secondary N) is 2. The van der Waals surface area contributed by atoms with E-state index in [1.807, 2.05) is 36.4 Å². The topological polar surface area (TPSA) is 46.4 Å². The third-order valence-electron chi connectivity index (χ3n) is 5.19. The zero-order valence-corrected chi connectivity index (χ0v) is 14.9. The highest BCUT2D eigenvalue weighted by atomic mass is 16.1. The molecule has 2 heterocycles. The summed E-state index contributed by atoms with van der Waals surface area (Å²) >= 11 is 0. The first-order valence-corrected chi connectivity index (χ1v) is 9.33. The number of quaternary nitrogens is 1. The van der Waals surface area contributed by atoms with E-state index in [4.69, 9.17) is 0 Å². The summed E-state index contributed by atoms with van der Waals surface area (Å²) in [7, 11) is 0. The fourth-order valence-electron chi connectivity index (χ4n) is 3.78.